The largest absolute Gasteiger partial charge is 0.357 e. The molecule has 0 aliphatic carbocycles. The van der Waals surface area contributed by atoms with Crippen LogP contribution in [-0.2, 0) is 9.59 Å². The fourth-order valence-electron chi connectivity index (χ4n) is 3.81. The Labute approximate surface area is 169 Å². The second-order valence-corrected chi connectivity index (χ2v) is 7.33. The number of rotatable bonds is 4. The van der Waals surface area contributed by atoms with Crippen LogP contribution >= 0.6 is 0 Å². The fourth-order valence-corrected chi connectivity index (χ4v) is 3.81. The highest BCUT2D eigenvalue weighted by Gasteiger charge is 2.37. The van der Waals surface area contributed by atoms with Gasteiger partial charge in [0, 0.05) is 30.4 Å². The van der Waals surface area contributed by atoms with Gasteiger partial charge < -0.3 is 15.1 Å². The lowest BCUT2D eigenvalue weighted by Crippen LogP contribution is -2.38. The zero-order valence-electron chi connectivity index (χ0n) is 16.6. The lowest BCUT2D eigenvalue weighted by Gasteiger charge is -2.28. The van der Waals surface area contributed by atoms with Crippen LogP contribution in [-0.4, -0.2) is 51.9 Å². The molecule has 0 saturated heterocycles. The number of nitrogens with zero attached hydrogens (tertiary/aromatic N) is 4. The van der Waals surface area contributed by atoms with Crippen LogP contribution < -0.4 is 5.32 Å². The third-order valence-corrected chi connectivity index (χ3v) is 5.40. The van der Waals surface area contributed by atoms with Gasteiger partial charge in [-0.15, -0.1) is 10.2 Å². The van der Waals surface area contributed by atoms with Crippen LogP contribution in [0, 0.1) is 6.92 Å². The van der Waals surface area contributed by atoms with Crippen molar-refractivity contribution in [3.63, 3.8) is 0 Å². The number of aromatic nitrogens is 2. The number of allylic oxidation sites excluding steroid dienone is 1. The van der Waals surface area contributed by atoms with Crippen molar-refractivity contribution in [3.05, 3.63) is 65.5 Å². The standard InChI is InChI=1S/C22H23N5O2/c1-14-7-4-5-8-16(14)18-10-11-19(25-24-18)23-20(28)13-27-12-6-9-17-15(2)26(3)22(29)21(17)27/h4-5,7-8,10-11H,2,6,9,12-13H2,1,3H3,(H,23,25,28). The molecule has 0 fully saturated rings. The van der Waals surface area contributed by atoms with Gasteiger partial charge in [0.1, 0.15) is 5.70 Å². The first-order valence-electron chi connectivity index (χ1n) is 9.60. The van der Waals surface area contributed by atoms with Gasteiger partial charge in [-0.25, -0.2) is 0 Å². The Bertz CT molecular complexity index is 1030. The number of carbonyl (C=O) groups is 2. The van der Waals surface area contributed by atoms with Crippen molar-refractivity contribution in [1.29, 1.82) is 0 Å². The molecule has 0 spiro atoms. The molecular weight excluding hydrogens is 366 g/mol. The van der Waals surface area contributed by atoms with E-state index < -0.39 is 0 Å². The lowest BCUT2D eigenvalue weighted by molar-refractivity contribution is -0.125. The number of hydrogen-bond donors (Lipinski definition) is 1. The zero-order valence-corrected chi connectivity index (χ0v) is 16.6. The van der Waals surface area contributed by atoms with E-state index in [0.717, 1.165) is 40.9 Å². The van der Waals surface area contributed by atoms with E-state index in [4.69, 9.17) is 0 Å². The number of nitrogens with one attached hydrogen (secondary N) is 1. The van der Waals surface area contributed by atoms with E-state index in [2.05, 4.69) is 22.1 Å². The topological polar surface area (TPSA) is 78.4 Å². The smallest absolute Gasteiger partial charge is 0.274 e. The average Bonchev–Trinajstić information content (AvgIpc) is 2.94. The lowest BCUT2D eigenvalue weighted by atomic mass is 10.0. The van der Waals surface area contributed by atoms with Crippen molar-refractivity contribution in [1.82, 2.24) is 20.0 Å². The maximum atomic E-state index is 12.6. The van der Waals surface area contributed by atoms with E-state index in [1.807, 2.05) is 42.2 Å². The molecule has 29 heavy (non-hydrogen) atoms. The molecule has 0 unspecified atom stereocenters. The summed E-state index contributed by atoms with van der Waals surface area (Å²) in [5.41, 5.74) is 5.15. The van der Waals surface area contributed by atoms with Gasteiger partial charge in [-0.1, -0.05) is 30.8 Å². The summed E-state index contributed by atoms with van der Waals surface area (Å²) in [6.45, 7) is 6.76. The summed E-state index contributed by atoms with van der Waals surface area (Å²) in [5.74, 6) is 0.0577. The number of benzene rings is 1. The molecule has 148 valence electrons. The number of anilines is 1. The van der Waals surface area contributed by atoms with Gasteiger partial charge in [0.25, 0.3) is 5.91 Å². The summed E-state index contributed by atoms with van der Waals surface area (Å²) in [6, 6.07) is 11.5. The van der Waals surface area contributed by atoms with Gasteiger partial charge in [-0.05, 0) is 37.5 Å². The Balaban J connectivity index is 1.44. The molecule has 7 nitrogen and oxygen atoms in total. The van der Waals surface area contributed by atoms with Gasteiger partial charge in [-0.3, -0.25) is 9.59 Å². The summed E-state index contributed by atoms with van der Waals surface area (Å²) < 4.78 is 0. The highest BCUT2D eigenvalue weighted by Crippen LogP contribution is 2.35. The van der Waals surface area contributed by atoms with Crippen LogP contribution in [0.15, 0.2) is 59.9 Å². The van der Waals surface area contributed by atoms with Crippen LogP contribution in [0.25, 0.3) is 11.3 Å². The zero-order chi connectivity index (χ0) is 20.5. The summed E-state index contributed by atoms with van der Waals surface area (Å²) in [7, 11) is 1.72. The minimum absolute atomic E-state index is 0.0902. The average molecular weight is 389 g/mol. The van der Waals surface area contributed by atoms with Gasteiger partial charge in [0.05, 0.1) is 12.2 Å². The van der Waals surface area contributed by atoms with Crippen LogP contribution in [0.5, 0.6) is 0 Å². The Morgan fingerprint density at radius 3 is 2.72 bits per heavy atom. The van der Waals surface area contributed by atoms with Crippen molar-refractivity contribution < 1.29 is 9.59 Å². The molecule has 2 aliphatic rings. The van der Waals surface area contributed by atoms with Gasteiger partial charge in [-0.2, -0.15) is 0 Å². The van der Waals surface area contributed by atoms with Crippen molar-refractivity contribution in [2.75, 3.05) is 25.5 Å². The number of likely N-dealkylation sites (N-methyl/N-ethyl adjacent to an activating group) is 1. The molecule has 1 N–H and O–H groups in total. The van der Waals surface area contributed by atoms with Gasteiger partial charge in [0.2, 0.25) is 5.91 Å². The summed E-state index contributed by atoms with van der Waals surface area (Å²) in [5, 5.41) is 11.1. The Morgan fingerprint density at radius 2 is 2.00 bits per heavy atom. The third kappa shape index (κ3) is 3.51. The molecule has 2 aliphatic heterocycles. The van der Waals surface area contributed by atoms with E-state index in [1.54, 1.807) is 18.0 Å². The van der Waals surface area contributed by atoms with Crippen LogP contribution in [0.4, 0.5) is 5.82 Å². The first kappa shape index (κ1) is 18.9. The monoisotopic (exact) mass is 389 g/mol. The fraction of sp³-hybridized carbons (Fsp3) is 0.273. The van der Waals surface area contributed by atoms with Crippen molar-refractivity contribution in [2.45, 2.75) is 19.8 Å². The Kier molecular flexibility index (Phi) is 4.88. The molecule has 0 saturated carbocycles. The third-order valence-electron chi connectivity index (χ3n) is 5.40. The predicted octanol–water partition coefficient (Wildman–Crippen LogP) is 2.73. The molecule has 0 radical (unpaired) electrons. The van der Waals surface area contributed by atoms with Crippen LogP contribution in [0.3, 0.4) is 0 Å². The molecular formula is C22H23N5O2. The summed E-state index contributed by atoms with van der Waals surface area (Å²) in [6.07, 6.45) is 1.70. The van der Waals surface area contributed by atoms with E-state index in [-0.39, 0.29) is 18.4 Å². The number of carbonyl (C=O) groups excluding carboxylic acids is 2. The minimum Gasteiger partial charge on any atom is -0.357 e. The molecule has 4 rings (SSSR count). The second-order valence-electron chi connectivity index (χ2n) is 7.33. The van der Waals surface area contributed by atoms with Crippen LogP contribution in [0.2, 0.25) is 0 Å². The first-order valence-corrected chi connectivity index (χ1v) is 9.60. The molecule has 3 heterocycles. The quantitative estimate of drug-likeness (QED) is 0.870. The minimum atomic E-state index is -0.232. The summed E-state index contributed by atoms with van der Waals surface area (Å²) >= 11 is 0. The van der Waals surface area contributed by atoms with E-state index in [1.165, 1.54) is 0 Å². The Hall–Kier alpha value is -3.48. The molecule has 1 aromatic heterocycles. The highest BCUT2D eigenvalue weighted by atomic mass is 16.2. The molecule has 2 amide bonds. The normalized spacial score (nSPS) is 16.3. The molecule has 0 atom stereocenters. The molecule has 7 heteroatoms. The first-order chi connectivity index (χ1) is 14.0. The van der Waals surface area contributed by atoms with Gasteiger partial charge >= 0.3 is 0 Å². The summed E-state index contributed by atoms with van der Waals surface area (Å²) in [4.78, 5) is 28.5. The predicted molar refractivity (Wildman–Crippen MR) is 111 cm³/mol. The number of aryl methyl sites for hydroxylation is 1. The molecule has 0 bridgehead atoms. The van der Waals surface area contributed by atoms with Crippen molar-refractivity contribution >= 4 is 17.6 Å². The van der Waals surface area contributed by atoms with E-state index >= 15 is 0 Å². The van der Waals surface area contributed by atoms with Crippen molar-refractivity contribution in [3.8, 4) is 11.3 Å². The van der Waals surface area contributed by atoms with Gasteiger partial charge in [0.15, 0.2) is 5.82 Å². The maximum Gasteiger partial charge on any atom is 0.274 e. The second kappa shape index (κ2) is 7.50. The SMILES string of the molecule is C=C1C2=C(C(=O)N1C)N(CC(=O)Nc1ccc(-c3ccccc3C)nn1)CCC2. The number of hydrogen-bond acceptors (Lipinski definition) is 5. The molecule has 2 aromatic rings. The highest BCUT2D eigenvalue weighted by molar-refractivity contribution is 6.01. The maximum absolute atomic E-state index is 12.6. The van der Waals surface area contributed by atoms with Crippen LogP contribution in [0.1, 0.15) is 18.4 Å². The van der Waals surface area contributed by atoms with E-state index in [9.17, 15) is 9.59 Å². The number of amides is 2. The Morgan fingerprint density at radius 1 is 1.21 bits per heavy atom. The van der Waals surface area contributed by atoms with Crippen molar-refractivity contribution in [2.24, 2.45) is 0 Å². The van der Waals surface area contributed by atoms with E-state index in [0.29, 0.717) is 18.1 Å². The molecule has 1 aromatic carbocycles.